The number of nitrogens with zero attached hydrogens (tertiary/aromatic N) is 1. The molecule has 2 atom stereocenters. The van der Waals surface area contributed by atoms with Crippen LogP contribution in [0.4, 0.5) is 4.79 Å². The number of rotatable bonds is 7. The number of amides is 1. The van der Waals surface area contributed by atoms with Crippen LogP contribution in [0.5, 0.6) is 5.75 Å². The van der Waals surface area contributed by atoms with Crippen LogP contribution in [0, 0.1) is 0 Å². The molecule has 0 radical (unpaired) electrons. The van der Waals surface area contributed by atoms with Crippen molar-refractivity contribution in [2.45, 2.75) is 39.0 Å². The zero-order valence-corrected chi connectivity index (χ0v) is 13.6. The minimum Gasteiger partial charge on any atom is -0.491 e. The first kappa shape index (κ1) is 17.2. The summed E-state index contributed by atoms with van der Waals surface area (Å²) in [5.74, 6) is 0.659. The van der Waals surface area contributed by atoms with Gasteiger partial charge in [0.2, 0.25) is 0 Å². The Morgan fingerprint density at radius 3 is 2.70 bits per heavy atom. The predicted molar refractivity (Wildman–Crippen MR) is 86.7 cm³/mol. The number of hydrazone groups is 1. The van der Waals surface area contributed by atoms with Crippen LogP contribution >= 0.6 is 0 Å². The molecule has 0 saturated carbocycles. The van der Waals surface area contributed by atoms with E-state index >= 15 is 0 Å². The Morgan fingerprint density at radius 2 is 2.09 bits per heavy atom. The van der Waals surface area contributed by atoms with E-state index in [1.165, 1.54) is 0 Å². The van der Waals surface area contributed by atoms with Gasteiger partial charge in [0.1, 0.15) is 30.3 Å². The molecular weight excluding hydrogens is 298 g/mol. The second-order valence-electron chi connectivity index (χ2n) is 5.71. The molecule has 1 heterocycles. The Morgan fingerprint density at radius 1 is 1.39 bits per heavy atom. The van der Waals surface area contributed by atoms with E-state index in [9.17, 15) is 9.90 Å². The van der Waals surface area contributed by atoms with E-state index in [1.807, 2.05) is 26.0 Å². The molecular formula is C16H23N3O4. The van der Waals surface area contributed by atoms with Gasteiger partial charge in [-0.2, -0.15) is 5.10 Å². The Kier molecular flexibility index (Phi) is 5.95. The highest BCUT2D eigenvalue weighted by Gasteiger charge is 2.22. The van der Waals surface area contributed by atoms with Gasteiger partial charge >= 0.3 is 6.09 Å². The molecule has 1 aliphatic heterocycles. The average molecular weight is 321 g/mol. The molecule has 0 bridgehead atoms. The molecule has 23 heavy (non-hydrogen) atoms. The fourth-order valence-electron chi connectivity index (χ4n) is 2.08. The van der Waals surface area contributed by atoms with Crippen LogP contribution in [0.1, 0.15) is 26.3 Å². The number of carbonyl (C=O) groups excluding carboxylic acids is 1. The lowest BCUT2D eigenvalue weighted by Crippen LogP contribution is -2.37. The molecule has 126 valence electrons. The molecule has 7 nitrogen and oxygen atoms in total. The first-order chi connectivity index (χ1) is 11.0. The summed E-state index contributed by atoms with van der Waals surface area (Å²) in [5, 5.41) is 17.0. The maximum atomic E-state index is 11.1. The van der Waals surface area contributed by atoms with Crippen LogP contribution in [-0.2, 0) is 4.74 Å². The van der Waals surface area contributed by atoms with Crippen molar-refractivity contribution in [1.82, 2.24) is 10.7 Å². The molecule has 1 amide bonds. The van der Waals surface area contributed by atoms with Gasteiger partial charge in [-0.05, 0) is 31.2 Å². The van der Waals surface area contributed by atoms with Crippen molar-refractivity contribution < 1.29 is 19.4 Å². The summed E-state index contributed by atoms with van der Waals surface area (Å²) in [6, 6.07) is 7.59. The van der Waals surface area contributed by atoms with Crippen LogP contribution in [0.25, 0.3) is 0 Å². The largest absolute Gasteiger partial charge is 0.491 e. The van der Waals surface area contributed by atoms with E-state index in [0.717, 1.165) is 5.56 Å². The van der Waals surface area contributed by atoms with Crippen molar-refractivity contribution >= 4 is 11.8 Å². The first-order valence-electron chi connectivity index (χ1n) is 7.64. The molecule has 0 saturated heterocycles. The first-order valence-corrected chi connectivity index (χ1v) is 7.64. The molecule has 1 aromatic rings. The second kappa shape index (κ2) is 7.94. The van der Waals surface area contributed by atoms with Crippen molar-refractivity contribution in [2.75, 3.05) is 13.2 Å². The molecule has 2 unspecified atom stereocenters. The number of nitrogens with one attached hydrogen (secondary N) is 2. The summed E-state index contributed by atoms with van der Waals surface area (Å²) in [6.45, 7) is 6.51. The summed E-state index contributed by atoms with van der Waals surface area (Å²) in [5.41, 5.74) is 3.78. The van der Waals surface area contributed by atoms with Crippen molar-refractivity contribution in [3.05, 3.63) is 29.8 Å². The lowest BCUT2D eigenvalue weighted by atomic mass is 10.1. The topological polar surface area (TPSA) is 92.2 Å². The summed E-state index contributed by atoms with van der Waals surface area (Å²) in [7, 11) is 0. The summed E-state index contributed by atoms with van der Waals surface area (Å²) in [6.07, 6.45) is -1.52. The lowest BCUT2D eigenvalue weighted by Gasteiger charge is -2.20. The summed E-state index contributed by atoms with van der Waals surface area (Å²) in [4.78, 5) is 11.1. The fraction of sp³-hybridized carbons (Fsp3) is 0.500. The van der Waals surface area contributed by atoms with Crippen LogP contribution in [0.15, 0.2) is 29.4 Å². The number of ether oxygens (including phenoxy) is 2. The number of aliphatic hydroxyl groups excluding tert-OH is 1. The third kappa shape index (κ3) is 5.22. The molecule has 0 aliphatic carbocycles. The Hall–Kier alpha value is -2.12. The van der Waals surface area contributed by atoms with Gasteiger partial charge in [-0.1, -0.05) is 13.8 Å². The van der Waals surface area contributed by atoms with Gasteiger partial charge in [0.05, 0.1) is 0 Å². The van der Waals surface area contributed by atoms with Gasteiger partial charge < -0.3 is 19.9 Å². The second-order valence-corrected chi connectivity index (χ2v) is 5.71. The Labute approximate surface area is 135 Å². The van der Waals surface area contributed by atoms with Gasteiger partial charge in [0, 0.05) is 18.2 Å². The van der Waals surface area contributed by atoms with Gasteiger partial charge in [0.15, 0.2) is 0 Å². The van der Waals surface area contributed by atoms with Crippen LogP contribution in [0.3, 0.4) is 0 Å². The van der Waals surface area contributed by atoms with Crippen LogP contribution < -0.4 is 15.5 Å². The van der Waals surface area contributed by atoms with Crippen molar-refractivity contribution in [3.8, 4) is 5.75 Å². The highest BCUT2D eigenvalue weighted by Crippen LogP contribution is 2.16. The zero-order valence-electron chi connectivity index (χ0n) is 13.6. The van der Waals surface area contributed by atoms with E-state index in [2.05, 4.69) is 15.8 Å². The molecule has 2 rings (SSSR count). The van der Waals surface area contributed by atoms with Crippen molar-refractivity contribution in [1.29, 1.82) is 0 Å². The molecule has 3 N–H and O–H groups in total. The number of benzene rings is 1. The monoisotopic (exact) mass is 321 g/mol. The lowest BCUT2D eigenvalue weighted by molar-refractivity contribution is 0.104. The summed E-state index contributed by atoms with van der Waals surface area (Å²) < 4.78 is 10.6. The average Bonchev–Trinajstić information content (AvgIpc) is 2.51. The Balaban J connectivity index is 1.88. The van der Waals surface area contributed by atoms with E-state index in [0.29, 0.717) is 24.0 Å². The SMILES string of the molecule is CC(C)NCC(O)COc1ccc(C2=NNC(=O)OC2C)cc1. The highest BCUT2D eigenvalue weighted by molar-refractivity contribution is 6.05. The van der Waals surface area contributed by atoms with Crippen molar-refractivity contribution in [2.24, 2.45) is 5.10 Å². The number of hydrogen-bond donors (Lipinski definition) is 3. The molecule has 0 fully saturated rings. The van der Waals surface area contributed by atoms with E-state index in [4.69, 9.17) is 9.47 Å². The molecule has 0 spiro atoms. The van der Waals surface area contributed by atoms with Crippen molar-refractivity contribution in [3.63, 3.8) is 0 Å². The highest BCUT2D eigenvalue weighted by atomic mass is 16.6. The van der Waals surface area contributed by atoms with Gasteiger partial charge in [-0.25, -0.2) is 10.2 Å². The number of aliphatic hydroxyl groups is 1. The van der Waals surface area contributed by atoms with E-state index < -0.39 is 18.3 Å². The van der Waals surface area contributed by atoms with Gasteiger partial charge in [0.25, 0.3) is 0 Å². The quantitative estimate of drug-likeness (QED) is 0.703. The predicted octanol–water partition coefficient (Wildman–Crippen LogP) is 1.26. The third-order valence-corrected chi connectivity index (χ3v) is 3.29. The summed E-state index contributed by atoms with van der Waals surface area (Å²) >= 11 is 0. The van der Waals surface area contributed by atoms with Gasteiger partial charge in [-0.3, -0.25) is 0 Å². The van der Waals surface area contributed by atoms with Crippen LogP contribution in [-0.4, -0.2) is 48.3 Å². The molecule has 1 aromatic carbocycles. The smallest absolute Gasteiger partial charge is 0.428 e. The standard InChI is InChI=1S/C16H23N3O4/c1-10(2)17-8-13(20)9-22-14-6-4-12(5-7-14)15-11(3)23-16(21)19-18-15/h4-7,10-11,13,17,20H,8-9H2,1-3H3,(H,19,21). The number of hydrogen-bond acceptors (Lipinski definition) is 6. The zero-order chi connectivity index (χ0) is 16.8. The third-order valence-electron chi connectivity index (χ3n) is 3.29. The number of carbonyl (C=O) groups is 1. The fourth-order valence-corrected chi connectivity index (χ4v) is 2.08. The maximum Gasteiger partial charge on any atom is 0.428 e. The maximum absolute atomic E-state index is 11.1. The van der Waals surface area contributed by atoms with E-state index in [1.54, 1.807) is 19.1 Å². The van der Waals surface area contributed by atoms with Gasteiger partial charge in [-0.15, -0.1) is 0 Å². The Bertz CT molecular complexity index is 557. The normalized spacial score (nSPS) is 18.9. The number of cyclic esters (lactones) is 1. The molecule has 7 heteroatoms. The minimum atomic E-state index is -0.566. The van der Waals surface area contributed by atoms with Crippen LogP contribution in [0.2, 0.25) is 0 Å². The molecule has 0 aromatic heterocycles. The van der Waals surface area contributed by atoms with E-state index in [-0.39, 0.29) is 6.61 Å². The molecule has 1 aliphatic rings. The minimum absolute atomic E-state index is 0.218.